The van der Waals surface area contributed by atoms with Gasteiger partial charge in [0.25, 0.3) is 0 Å². The van der Waals surface area contributed by atoms with Crippen LogP contribution in [0.25, 0.3) is 0 Å². The first-order chi connectivity index (χ1) is 6.79. The molecule has 5 nitrogen and oxygen atoms in total. The van der Waals surface area contributed by atoms with Crippen LogP contribution in [0.3, 0.4) is 0 Å². The van der Waals surface area contributed by atoms with E-state index in [0.29, 0.717) is 5.69 Å². The van der Waals surface area contributed by atoms with E-state index < -0.39 is 5.97 Å². The van der Waals surface area contributed by atoms with Crippen LogP contribution in [0.5, 0.6) is 0 Å². The molecule has 1 aromatic heterocycles. The number of nitrogens with one attached hydrogen (secondary N) is 1. The average molecular weight is 213 g/mol. The van der Waals surface area contributed by atoms with Crippen LogP contribution in [0.15, 0.2) is 0 Å². The number of carboxylic acids is 1. The van der Waals surface area contributed by atoms with Crippen molar-refractivity contribution < 1.29 is 9.90 Å². The van der Waals surface area contributed by atoms with Crippen LogP contribution in [-0.2, 0) is 0 Å². The molecule has 1 saturated heterocycles. The maximum atomic E-state index is 10.8. The van der Waals surface area contributed by atoms with Gasteiger partial charge < -0.3 is 5.11 Å². The molecule has 0 saturated carbocycles. The standard InChI is InChI=1S/C8H11N3O2S/c12-8(13)7-6(9-11-10-7)5-1-3-14-4-2-5/h5H,1-4H2,(H,12,13)(H,9,10,11). The van der Waals surface area contributed by atoms with E-state index in [2.05, 4.69) is 15.4 Å². The van der Waals surface area contributed by atoms with Crippen molar-refractivity contribution in [2.45, 2.75) is 18.8 Å². The molecule has 6 heteroatoms. The second-order valence-corrected chi connectivity index (χ2v) is 4.47. The summed E-state index contributed by atoms with van der Waals surface area (Å²) in [7, 11) is 0. The largest absolute Gasteiger partial charge is 0.476 e. The summed E-state index contributed by atoms with van der Waals surface area (Å²) in [6.07, 6.45) is 2.00. The molecule has 0 bridgehead atoms. The maximum absolute atomic E-state index is 10.8. The van der Waals surface area contributed by atoms with Gasteiger partial charge >= 0.3 is 5.97 Å². The second kappa shape index (κ2) is 4.00. The minimum absolute atomic E-state index is 0.0851. The van der Waals surface area contributed by atoms with Crippen LogP contribution < -0.4 is 0 Å². The topological polar surface area (TPSA) is 78.9 Å². The smallest absolute Gasteiger partial charge is 0.358 e. The van der Waals surface area contributed by atoms with E-state index in [1.54, 1.807) is 0 Å². The monoisotopic (exact) mass is 213 g/mol. The zero-order chi connectivity index (χ0) is 9.97. The third-order valence-corrected chi connectivity index (χ3v) is 3.43. The summed E-state index contributed by atoms with van der Waals surface area (Å²) in [5.74, 6) is 1.43. The molecule has 2 heterocycles. The number of carbonyl (C=O) groups is 1. The zero-order valence-corrected chi connectivity index (χ0v) is 8.38. The Labute approximate surface area is 85.3 Å². The first kappa shape index (κ1) is 9.51. The van der Waals surface area contributed by atoms with Gasteiger partial charge in [-0.3, -0.25) is 0 Å². The van der Waals surface area contributed by atoms with Crippen molar-refractivity contribution in [2.24, 2.45) is 0 Å². The molecule has 0 spiro atoms. The number of aromatic amines is 1. The molecule has 0 amide bonds. The van der Waals surface area contributed by atoms with E-state index in [1.807, 2.05) is 11.8 Å². The number of aromatic carboxylic acids is 1. The Bertz CT molecular complexity index is 333. The number of H-pyrrole nitrogens is 1. The molecular weight excluding hydrogens is 202 g/mol. The van der Waals surface area contributed by atoms with Gasteiger partial charge in [0.2, 0.25) is 0 Å². The number of hydrogen-bond acceptors (Lipinski definition) is 4. The number of nitrogens with zero attached hydrogens (tertiary/aromatic N) is 2. The minimum atomic E-state index is -0.994. The van der Waals surface area contributed by atoms with Crippen LogP contribution in [0, 0.1) is 0 Å². The van der Waals surface area contributed by atoms with Gasteiger partial charge in [0.05, 0.1) is 0 Å². The Morgan fingerprint density at radius 2 is 2.14 bits per heavy atom. The van der Waals surface area contributed by atoms with Gasteiger partial charge in [-0.2, -0.15) is 22.1 Å². The van der Waals surface area contributed by atoms with Crippen molar-refractivity contribution in [1.29, 1.82) is 0 Å². The van der Waals surface area contributed by atoms with E-state index >= 15 is 0 Å². The Kier molecular flexibility index (Phi) is 2.72. The molecule has 0 atom stereocenters. The predicted octanol–water partition coefficient (Wildman–Crippen LogP) is 1.11. The van der Waals surface area contributed by atoms with Crippen molar-refractivity contribution in [3.8, 4) is 0 Å². The molecule has 1 fully saturated rings. The molecule has 0 aromatic carbocycles. The zero-order valence-electron chi connectivity index (χ0n) is 7.56. The van der Waals surface area contributed by atoms with E-state index in [1.165, 1.54) is 0 Å². The van der Waals surface area contributed by atoms with E-state index in [9.17, 15) is 4.79 Å². The first-order valence-electron chi connectivity index (χ1n) is 4.50. The highest BCUT2D eigenvalue weighted by Gasteiger charge is 2.25. The highest BCUT2D eigenvalue weighted by atomic mass is 32.2. The number of rotatable bonds is 2. The van der Waals surface area contributed by atoms with Crippen LogP contribution in [0.1, 0.15) is 34.9 Å². The highest BCUT2D eigenvalue weighted by molar-refractivity contribution is 7.99. The Balaban J connectivity index is 2.21. The van der Waals surface area contributed by atoms with E-state index in [4.69, 9.17) is 5.11 Å². The predicted molar refractivity (Wildman–Crippen MR) is 52.6 cm³/mol. The molecular formula is C8H11N3O2S. The lowest BCUT2D eigenvalue weighted by molar-refractivity contribution is 0.0688. The number of carboxylic acid groups (broad SMARTS) is 1. The number of aromatic nitrogens is 3. The molecule has 1 aliphatic heterocycles. The van der Waals surface area contributed by atoms with Crippen LogP contribution in [0.4, 0.5) is 0 Å². The van der Waals surface area contributed by atoms with Crippen molar-refractivity contribution in [3.63, 3.8) is 0 Å². The fourth-order valence-electron chi connectivity index (χ4n) is 1.65. The lowest BCUT2D eigenvalue weighted by Gasteiger charge is -2.19. The SMILES string of the molecule is O=C(O)c1n[nH]nc1C1CCSCC1. The normalized spacial score (nSPS) is 18.3. The van der Waals surface area contributed by atoms with E-state index in [-0.39, 0.29) is 11.6 Å². The van der Waals surface area contributed by atoms with Gasteiger partial charge in [-0.15, -0.1) is 5.10 Å². The summed E-state index contributed by atoms with van der Waals surface area (Å²) in [5.41, 5.74) is 0.708. The quantitative estimate of drug-likeness (QED) is 0.769. The minimum Gasteiger partial charge on any atom is -0.476 e. The van der Waals surface area contributed by atoms with Gasteiger partial charge in [0.1, 0.15) is 5.69 Å². The average Bonchev–Trinajstić information content (AvgIpc) is 2.67. The van der Waals surface area contributed by atoms with Gasteiger partial charge in [0.15, 0.2) is 5.69 Å². The summed E-state index contributed by atoms with van der Waals surface area (Å²) < 4.78 is 0. The molecule has 0 aliphatic carbocycles. The summed E-state index contributed by atoms with van der Waals surface area (Å²) >= 11 is 1.90. The summed E-state index contributed by atoms with van der Waals surface area (Å²) in [6, 6.07) is 0. The van der Waals surface area contributed by atoms with Gasteiger partial charge in [-0.25, -0.2) is 4.79 Å². The lowest BCUT2D eigenvalue weighted by atomic mass is 9.97. The van der Waals surface area contributed by atoms with Crippen molar-refractivity contribution in [2.75, 3.05) is 11.5 Å². The van der Waals surface area contributed by atoms with Crippen molar-refractivity contribution in [3.05, 3.63) is 11.4 Å². The molecule has 1 aliphatic rings. The molecule has 0 radical (unpaired) electrons. The molecule has 2 N–H and O–H groups in total. The molecule has 2 rings (SSSR count). The van der Waals surface area contributed by atoms with Crippen LogP contribution >= 0.6 is 11.8 Å². The highest BCUT2D eigenvalue weighted by Crippen LogP contribution is 2.31. The lowest BCUT2D eigenvalue weighted by Crippen LogP contribution is -2.12. The number of hydrogen-bond donors (Lipinski definition) is 2. The summed E-state index contributed by atoms with van der Waals surface area (Å²) in [5, 5.41) is 18.8. The first-order valence-corrected chi connectivity index (χ1v) is 5.66. The summed E-state index contributed by atoms with van der Waals surface area (Å²) in [4.78, 5) is 10.8. The van der Waals surface area contributed by atoms with Crippen LogP contribution in [-0.4, -0.2) is 38.0 Å². The van der Waals surface area contributed by atoms with Gasteiger partial charge in [-0.05, 0) is 24.3 Å². The Hall–Kier alpha value is -1.04. The second-order valence-electron chi connectivity index (χ2n) is 3.25. The third-order valence-electron chi connectivity index (χ3n) is 2.39. The molecule has 0 unspecified atom stereocenters. The van der Waals surface area contributed by atoms with Crippen LogP contribution in [0.2, 0.25) is 0 Å². The summed E-state index contributed by atoms with van der Waals surface area (Å²) in [6.45, 7) is 0. The Morgan fingerprint density at radius 3 is 2.79 bits per heavy atom. The van der Waals surface area contributed by atoms with Gasteiger partial charge in [0, 0.05) is 5.92 Å². The van der Waals surface area contributed by atoms with Gasteiger partial charge in [-0.1, -0.05) is 0 Å². The molecule has 1 aromatic rings. The van der Waals surface area contributed by atoms with Crippen molar-refractivity contribution >= 4 is 17.7 Å². The van der Waals surface area contributed by atoms with Crippen molar-refractivity contribution in [1.82, 2.24) is 15.4 Å². The van der Waals surface area contributed by atoms with E-state index in [0.717, 1.165) is 24.3 Å². The Morgan fingerprint density at radius 1 is 1.43 bits per heavy atom. The fraction of sp³-hybridized carbons (Fsp3) is 0.625. The molecule has 14 heavy (non-hydrogen) atoms. The fourth-order valence-corrected chi connectivity index (χ4v) is 2.76. The molecule has 76 valence electrons. The number of thioether (sulfide) groups is 1. The maximum Gasteiger partial charge on any atom is 0.358 e. The third kappa shape index (κ3) is 1.75.